The van der Waals surface area contributed by atoms with Gasteiger partial charge in [0.1, 0.15) is 0 Å². The Morgan fingerprint density at radius 2 is 1.39 bits per heavy atom. The predicted octanol–water partition coefficient (Wildman–Crippen LogP) is 4.39. The van der Waals surface area contributed by atoms with Crippen molar-refractivity contribution >= 4 is 33.3 Å². The molecule has 0 aliphatic heterocycles. The highest BCUT2D eigenvalue weighted by Gasteiger charge is 2.14. The molecule has 2 rings (SSSR count). The Kier molecular flexibility index (Phi) is 10.7. The molecular weight excluding hydrogens is 440 g/mol. The van der Waals surface area contributed by atoms with E-state index in [4.69, 9.17) is 0 Å². The molecule has 2 aromatic rings. The Morgan fingerprint density at radius 3 is 2.06 bits per heavy atom. The number of anilines is 2. The van der Waals surface area contributed by atoms with Gasteiger partial charge < -0.3 is 16.0 Å². The molecule has 0 saturated carbocycles. The quantitative estimate of drug-likeness (QED) is 0.322. The molecule has 0 radical (unpaired) electrons. The standard InChI is InChI=1S/C24H34N4O4S/c1-3-4-5-6-7-8-17-25-23(29)18-26-24(30)27-20-11-13-21(14-12-20)28-33(31,32)22-15-9-19(2)10-16-22/h9-16,28H,3-8,17-18H2,1-2H3,(H,25,29)(H2,26,27,30). The SMILES string of the molecule is CCCCCCCCNC(=O)CNC(=O)Nc1ccc(NS(=O)(=O)c2ccc(C)cc2)cc1. The third kappa shape index (κ3) is 9.95. The molecule has 0 bridgehead atoms. The topological polar surface area (TPSA) is 116 Å². The number of nitrogens with one attached hydrogen (secondary N) is 4. The average Bonchev–Trinajstić information content (AvgIpc) is 2.78. The van der Waals surface area contributed by atoms with Crippen LogP contribution in [0.2, 0.25) is 0 Å². The van der Waals surface area contributed by atoms with Crippen molar-refractivity contribution in [3.05, 3.63) is 54.1 Å². The van der Waals surface area contributed by atoms with E-state index in [1.807, 2.05) is 6.92 Å². The molecule has 9 heteroatoms. The highest BCUT2D eigenvalue weighted by molar-refractivity contribution is 7.92. The van der Waals surface area contributed by atoms with Gasteiger partial charge in [0.05, 0.1) is 11.4 Å². The molecule has 4 N–H and O–H groups in total. The van der Waals surface area contributed by atoms with E-state index in [1.54, 1.807) is 48.5 Å². The maximum Gasteiger partial charge on any atom is 0.319 e. The summed E-state index contributed by atoms with van der Waals surface area (Å²) in [6, 6.07) is 12.3. The molecule has 0 saturated heterocycles. The zero-order valence-corrected chi connectivity index (χ0v) is 20.1. The van der Waals surface area contributed by atoms with Gasteiger partial charge in [0.2, 0.25) is 5.91 Å². The fourth-order valence-electron chi connectivity index (χ4n) is 3.08. The van der Waals surface area contributed by atoms with Crippen molar-refractivity contribution in [1.29, 1.82) is 0 Å². The van der Waals surface area contributed by atoms with Crippen molar-refractivity contribution in [2.45, 2.75) is 57.3 Å². The molecule has 0 aliphatic rings. The fraction of sp³-hybridized carbons (Fsp3) is 0.417. The van der Waals surface area contributed by atoms with Crippen molar-refractivity contribution in [1.82, 2.24) is 10.6 Å². The minimum atomic E-state index is -3.69. The van der Waals surface area contributed by atoms with E-state index in [0.29, 0.717) is 17.9 Å². The normalized spacial score (nSPS) is 11.0. The Hall–Kier alpha value is -3.07. The molecule has 0 atom stereocenters. The lowest BCUT2D eigenvalue weighted by Crippen LogP contribution is -2.39. The molecule has 180 valence electrons. The molecule has 0 spiro atoms. The maximum absolute atomic E-state index is 12.4. The van der Waals surface area contributed by atoms with E-state index in [0.717, 1.165) is 18.4 Å². The molecule has 33 heavy (non-hydrogen) atoms. The van der Waals surface area contributed by atoms with E-state index in [2.05, 4.69) is 27.6 Å². The van der Waals surface area contributed by atoms with Crippen LogP contribution in [-0.2, 0) is 14.8 Å². The Bertz CT molecular complexity index is 990. The van der Waals surface area contributed by atoms with Crippen LogP contribution in [0, 0.1) is 6.92 Å². The van der Waals surface area contributed by atoms with Crippen LogP contribution in [0.25, 0.3) is 0 Å². The first-order valence-electron chi connectivity index (χ1n) is 11.3. The van der Waals surface area contributed by atoms with E-state index >= 15 is 0 Å². The summed E-state index contributed by atoms with van der Waals surface area (Å²) in [4.78, 5) is 24.0. The van der Waals surface area contributed by atoms with E-state index in [1.165, 1.54) is 25.7 Å². The number of rotatable bonds is 13. The summed E-state index contributed by atoms with van der Waals surface area (Å²) >= 11 is 0. The summed E-state index contributed by atoms with van der Waals surface area (Å²) in [6.45, 7) is 4.55. The minimum Gasteiger partial charge on any atom is -0.355 e. The van der Waals surface area contributed by atoms with Crippen molar-refractivity contribution < 1.29 is 18.0 Å². The van der Waals surface area contributed by atoms with Crippen LogP contribution in [0.1, 0.15) is 51.0 Å². The number of carbonyl (C=O) groups is 2. The second-order valence-corrected chi connectivity index (χ2v) is 9.60. The van der Waals surface area contributed by atoms with Gasteiger partial charge in [-0.1, -0.05) is 56.7 Å². The Morgan fingerprint density at radius 1 is 0.788 bits per heavy atom. The zero-order chi connectivity index (χ0) is 24.1. The number of benzene rings is 2. The highest BCUT2D eigenvalue weighted by atomic mass is 32.2. The van der Waals surface area contributed by atoms with Gasteiger partial charge in [0.25, 0.3) is 10.0 Å². The summed E-state index contributed by atoms with van der Waals surface area (Å²) in [5.41, 5.74) is 1.81. The first-order chi connectivity index (χ1) is 15.8. The fourth-order valence-corrected chi connectivity index (χ4v) is 4.14. The number of unbranched alkanes of at least 4 members (excludes halogenated alkanes) is 5. The molecule has 0 aliphatic carbocycles. The van der Waals surface area contributed by atoms with Gasteiger partial charge in [0, 0.05) is 17.9 Å². The van der Waals surface area contributed by atoms with Crippen LogP contribution >= 0.6 is 0 Å². The van der Waals surface area contributed by atoms with Crippen molar-refractivity contribution in [2.75, 3.05) is 23.1 Å². The lowest BCUT2D eigenvalue weighted by molar-refractivity contribution is -0.120. The summed E-state index contributed by atoms with van der Waals surface area (Å²) in [6.07, 6.45) is 6.88. The van der Waals surface area contributed by atoms with Crippen molar-refractivity contribution in [3.63, 3.8) is 0 Å². The number of carbonyl (C=O) groups excluding carboxylic acids is 2. The lowest BCUT2D eigenvalue weighted by Gasteiger charge is -2.11. The molecule has 0 unspecified atom stereocenters. The first kappa shape index (κ1) is 26.2. The van der Waals surface area contributed by atoms with Gasteiger partial charge in [-0.05, 0) is 49.7 Å². The molecular formula is C24H34N4O4S. The minimum absolute atomic E-state index is 0.115. The Balaban J connectivity index is 1.71. The van der Waals surface area contributed by atoms with Gasteiger partial charge in [-0.3, -0.25) is 9.52 Å². The van der Waals surface area contributed by atoms with Crippen LogP contribution in [-0.4, -0.2) is 33.4 Å². The van der Waals surface area contributed by atoms with Crippen molar-refractivity contribution in [3.8, 4) is 0 Å². The second-order valence-electron chi connectivity index (χ2n) is 7.92. The van der Waals surface area contributed by atoms with Gasteiger partial charge in [-0.15, -0.1) is 0 Å². The summed E-state index contributed by atoms with van der Waals surface area (Å²) in [7, 11) is -3.69. The lowest BCUT2D eigenvalue weighted by atomic mass is 10.1. The molecule has 0 aromatic heterocycles. The number of hydrogen-bond acceptors (Lipinski definition) is 4. The molecule has 0 fully saturated rings. The average molecular weight is 475 g/mol. The molecule has 2 aromatic carbocycles. The van der Waals surface area contributed by atoms with Gasteiger partial charge >= 0.3 is 6.03 Å². The first-order valence-corrected chi connectivity index (χ1v) is 12.8. The monoisotopic (exact) mass is 474 g/mol. The van der Waals surface area contributed by atoms with Gasteiger partial charge in [-0.25, -0.2) is 13.2 Å². The predicted molar refractivity (Wildman–Crippen MR) is 132 cm³/mol. The third-order valence-electron chi connectivity index (χ3n) is 4.99. The van der Waals surface area contributed by atoms with Crippen LogP contribution in [0.3, 0.4) is 0 Å². The van der Waals surface area contributed by atoms with Gasteiger partial charge in [-0.2, -0.15) is 0 Å². The Labute approximate surface area is 196 Å². The summed E-state index contributed by atoms with van der Waals surface area (Å²) in [5, 5.41) is 7.91. The highest BCUT2D eigenvalue weighted by Crippen LogP contribution is 2.18. The van der Waals surface area contributed by atoms with Crippen LogP contribution in [0.15, 0.2) is 53.4 Å². The maximum atomic E-state index is 12.4. The zero-order valence-electron chi connectivity index (χ0n) is 19.3. The van der Waals surface area contributed by atoms with Crippen molar-refractivity contribution in [2.24, 2.45) is 0 Å². The summed E-state index contributed by atoms with van der Waals surface area (Å²) in [5.74, 6) is -0.237. The smallest absolute Gasteiger partial charge is 0.319 e. The molecule has 0 heterocycles. The second kappa shape index (κ2) is 13.5. The van der Waals surface area contributed by atoms with Crippen LogP contribution in [0.4, 0.5) is 16.2 Å². The van der Waals surface area contributed by atoms with E-state index in [9.17, 15) is 18.0 Å². The largest absolute Gasteiger partial charge is 0.355 e. The number of urea groups is 1. The molecule has 3 amide bonds. The number of aryl methyl sites for hydroxylation is 1. The van der Waals surface area contributed by atoms with Crippen LogP contribution < -0.4 is 20.7 Å². The summed E-state index contributed by atoms with van der Waals surface area (Å²) < 4.78 is 27.4. The number of amides is 3. The number of sulfonamides is 1. The molecule has 8 nitrogen and oxygen atoms in total. The number of hydrogen-bond donors (Lipinski definition) is 4. The van der Waals surface area contributed by atoms with Gasteiger partial charge in [0.15, 0.2) is 0 Å². The third-order valence-corrected chi connectivity index (χ3v) is 6.39. The van der Waals surface area contributed by atoms with E-state index in [-0.39, 0.29) is 17.3 Å². The van der Waals surface area contributed by atoms with E-state index < -0.39 is 16.1 Å². The van der Waals surface area contributed by atoms with Crippen LogP contribution in [0.5, 0.6) is 0 Å².